The Labute approximate surface area is 236 Å². The molecule has 12 heteroatoms. The highest BCUT2D eigenvalue weighted by Gasteiger charge is 2.43. The number of carbonyl (C=O) groups is 1. The summed E-state index contributed by atoms with van der Waals surface area (Å²) >= 11 is 1.51. The molecule has 1 aliphatic carbocycles. The zero-order valence-corrected chi connectivity index (χ0v) is 22.6. The Kier molecular flexibility index (Phi) is 6.42. The summed E-state index contributed by atoms with van der Waals surface area (Å²) in [6.45, 7) is 0.189. The number of anilines is 1. The molecule has 1 N–H and O–H groups in total. The number of aromatic nitrogens is 2. The highest BCUT2D eigenvalue weighted by Crippen LogP contribution is 2.47. The summed E-state index contributed by atoms with van der Waals surface area (Å²) < 4.78 is 56.5. The van der Waals surface area contributed by atoms with Crippen molar-refractivity contribution >= 4 is 32.7 Å². The van der Waals surface area contributed by atoms with Crippen molar-refractivity contribution in [1.82, 2.24) is 10.1 Å². The number of carboxylic acids is 1. The van der Waals surface area contributed by atoms with Gasteiger partial charge < -0.3 is 24.0 Å². The molecule has 0 spiro atoms. The number of para-hydroxylation sites is 1. The Morgan fingerprint density at radius 1 is 1.10 bits per heavy atom. The van der Waals surface area contributed by atoms with Gasteiger partial charge in [0.1, 0.15) is 17.2 Å². The number of nitrogens with zero attached hydrogens (tertiary/aromatic N) is 3. The molecule has 2 aromatic carbocycles. The quantitative estimate of drug-likeness (QED) is 0.233. The molecule has 7 rings (SSSR count). The lowest BCUT2D eigenvalue weighted by molar-refractivity contribution is -0.274. The number of piperidine rings is 1. The fraction of sp³-hybridized carbons (Fsp3) is 0.414. The largest absolute Gasteiger partial charge is 0.573 e. The monoisotopic (exact) mass is 585 g/mol. The fourth-order valence-electron chi connectivity index (χ4n) is 6.15. The first-order valence-electron chi connectivity index (χ1n) is 13.6. The van der Waals surface area contributed by atoms with Gasteiger partial charge in [-0.25, -0.2) is 9.78 Å². The summed E-state index contributed by atoms with van der Waals surface area (Å²) in [6.07, 6.45) is 0.629. The van der Waals surface area contributed by atoms with Crippen LogP contribution < -0.4 is 9.64 Å². The number of carboxylic acid groups (broad SMARTS) is 1. The summed E-state index contributed by atoms with van der Waals surface area (Å²) in [7, 11) is 0. The number of hydrogen-bond donors (Lipinski definition) is 1. The molecule has 4 heterocycles. The van der Waals surface area contributed by atoms with Crippen LogP contribution in [0.15, 0.2) is 47.0 Å². The zero-order valence-electron chi connectivity index (χ0n) is 21.8. The van der Waals surface area contributed by atoms with Gasteiger partial charge in [0.05, 0.1) is 28.5 Å². The van der Waals surface area contributed by atoms with Crippen LogP contribution in [-0.2, 0) is 11.3 Å². The number of benzene rings is 2. The van der Waals surface area contributed by atoms with E-state index in [9.17, 15) is 23.1 Å². The number of halogens is 3. The predicted octanol–water partition coefficient (Wildman–Crippen LogP) is 7.14. The third-order valence-corrected chi connectivity index (χ3v) is 9.16. The van der Waals surface area contributed by atoms with Gasteiger partial charge in [-0.15, -0.1) is 13.2 Å². The Hall–Kier alpha value is -3.64. The lowest BCUT2D eigenvalue weighted by Gasteiger charge is -2.38. The molecule has 214 valence electrons. The first kappa shape index (κ1) is 26.3. The molecule has 41 heavy (non-hydrogen) atoms. The Morgan fingerprint density at radius 2 is 1.85 bits per heavy atom. The van der Waals surface area contributed by atoms with Gasteiger partial charge in [0.25, 0.3) is 0 Å². The van der Waals surface area contributed by atoms with Crippen LogP contribution in [0.25, 0.3) is 21.5 Å². The number of rotatable bonds is 8. The van der Waals surface area contributed by atoms with Crippen LogP contribution in [0.5, 0.6) is 5.75 Å². The minimum atomic E-state index is -4.83. The van der Waals surface area contributed by atoms with Crippen LogP contribution in [0.3, 0.4) is 0 Å². The smallest absolute Gasteiger partial charge is 0.478 e. The third kappa shape index (κ3) is 5.14. The molecule has 2 bridgehead atoms. The van der Waals surface area contributed by atoms with Gasteiger partial charge in [-0.2, -0.15) is 0 Å². The maximum Gasteiger partial charge on any atom is 0.573 e. The standard InChI is InChI=1S/C29H26F3N3O5S/c30-29(31,32)39-23-4-2-1-3-20(23)25-21(26(40-34-25)15-5-6-15)14-38-19-12-17-8-9-18(13-19)35(17)28-33-22-10-7-16(27(36)37)11-24(22)41-28/h1-4,7,10-11,15,17-19H,5-6,8-9,12-14H2,(H,36,37)/t17-,18+,19-. The predicted molar refractivity (Wildman–Crippen MR) is 144 cm³/mol. The van der Waals surface area contributed by atoms with Crippen molar-refractivity contribution in [2.24, 2.45) is 0 Å². The van der Waals surface area contributed by atoms with Crippen LogP contribution in [0.2, 0.25) is 0 Å². The van der Waals surface area contributed by atoms with Crippen LogP contribution in [0.4, 0.5) is 18.3 Å². The number of ether oxygens (including phenoxy) is 2. The second kappa shape index (κ2) is 10.0. The van der Waals surface area contributed by atoms with Crippen LogP contribution in [0, 0.1) is 0 Å². The fourth-order valence-corrected chi connectivity index (χ4v) is 7.30. The SMILES string of the molecule is O=C(O)c1ccc2nc(N3[C@@H]4CC[C@H]3C[C@H](OCc3c(-c5ccccc5OC(F)(F)F)noc3C3CC3)C4)sc2c1. The molecule has 0 radical (unpaired) electrons. The molecule has 3 aliphatic rings. The van der Waals surface area contributed by atoms with Crippen molar-refractivity contribution in [3.63, 3.8) is 0 Å². The van der Waals surface area contributed by atoms with Crippen LogP contribution in [-0.4, -0.2) is 45.8 Å². The summed E-state index contributed by atoms with van der Waals surface area (Å²) in [5, 5.41) is 14.4. The van der Waals surface area contributed by atoms with E-state index in [-0.39, 0.29) is 47.6 Å². The van der Waals surface area contributed by atoms with Crippen molar-refractivity contribution in [3.05, 3.63) is 59.4 Å². The number of hydrogen-bond acceptors (Lipinski definition) is 8. The molecule has 2 saturated heterocycles. The van der Waals surface area contributed by atoms with Crippen molar-refractivity contribution < 1.29 is 37.1 Å². The van der Waals surface area contributed by atoms with Crippen molar-refractivity contribution in [1.29, 1.82) is 0 Å². The Balaban J connectivity index is 1.09. The van der Waals surface area contributed by atoms with Crippen LogP contribution in [0.1, 0.15) is 66.1 Å². The molecule has 4 aromatic rings. The minimum Gasteiger partial charge on any atom is -0.478 e. The van der Waals surface area contributed by atoms with Gasteiger partial charge in [0, 0.05) is 29.1 Å². The molecule has 2 aliphatic heterocycles. The van der Waals surface area contributed by atoms with Crippen molar-refractivity contribution in [3.8, 4) is 17.0 Å². The highest BCUT2D eigenvalue weighted by atomic mass is 32.1. The maximum absolute atomic E-state index is 13.1. The van der Waals surface area contributed by atoms with Gasteiger partial charge in [-0.3, -0.25) is 0 Å². The average Bonchev–Trinajstić information content (AvgIpc) is 3.45. The third-order valence-electron chi connectivity index (χ3n) is 8.13. The lowest BCUT2D eigenvalue weighted by Crippen LogP contribution is -2.45. The lowest BCUT2D eigenvalue weighted by atomic mass is 10.00. The molecular formula is C29H26F3N3O5S. The second-order valence-corrected chi connectivity index (χ2v) is 11.9. The first-order chi connectivity index (χ1) is 19.7. The average molecular weight is 586 g/mol. The van der Waals surface area contributed by atoms with Gasteiger partial charge in [0.2, 0.25) is 0 Å². The first-order valence-corrected chi connectivity index (χ1v) is 14.4. The van der Waals surface area contributed by atoms with E-state index in [0.717, 1.165) is 53.9 Å². The molecule has 1 saturated carbocycles. The highest BCUT2D eigenvalue weighted by molar-refractivity contribution is 7.22. The van der Waals surface area contributed by atoms with Gasteiger partial charge in [0.15, 0.2) is 5.13 Å². The molecule has 0 amide bonds. The maximum atomic E-state index is 13.1. The number of thiazole rings is 1. The van der Waals surface area contributed by atoms with E-state index in [2.05, 4.69) is 14.8 Å². The molecular weight excluding hydrogens is 559 g/mol. The summed E-state index contributed by atoms with van der Waals surface area (Å²) in [5.74, 6) is -0.409. The van der Waals surface area contributed by atoms with E-state index >= 15 is 0 Å². The molecule has 3 fully saturated rings. The van der Waals surface area contributed by atoms with E-state index in [1.165, 1.54) is 23.5 Å². The second-order valence-electron chi connectivity index (χ2n) is 10.9. The van der Waals surface area contributed by atoms with E-state index < -0.39 is 12.3 Å². The van der Waals surface area contributed by atoms with E-state index in [1.54, 1.807) is 30.3 Å². The molecule has 0 unspecified atom stereocenters. The summed E-state index contributed by atoms with van der Waals surface area (Å²) in [6, 6.07) is 11.4. The zero-order chi connectivity index (χ0) is 28.3. The van der Waals surface area contributed by atoms with Crippen LogP contribution >= 0.6 is 11.3 Å². The van der Waals surface area contributed by atoms with E-state index in [4.69, 9.17) is 14.2 Å². The Morgan fingerprint density at radius 3 is 2.56 bits per heavy atom. The minimum absolute atomic E-state index is 0.0341. The van der Waals surface area contributed by atoms with Crippen molar-refractivity contribution in [2.45, 2.75) is 75.6 Å². The normalized spacial score (nSPS) is 22.4. The van der Waals surface area contributed by atoms with Gasteiger partial charge in [-0.1, -0.05) is 28.6 Å². The van der Waals surface area contributed by atoms with Gasteiger partial charge in [-0.05, 0) is 68.9 Å². The number of fused-ring (bicyclic) bond motifs is 3. The van der Waals surface area contributed by atoms with E-state index in [1.807, 2.05) is 0 Å². The van der Waals surface area contributed by atoms with Crippen molar-refractivity contribution in [2.75, 3.05) is 4.90 Å². The summed E-state index contributed by atoms with van der Waals surface area (Å²) in [4.78, 5) is 18.5. The molecule has 3 atom stereocenters. The summed E-state index contributed by atoms with van der Waals surface area (Å²) in [5.41, 5.74) is 2.25. The Bertz CT molecular complexity index is 1600. The number of alkyl halides is 3. The topological polar surface area (TPSA) is 97.9 Å². The number of aromatic carboxylic acids is 1. The van der Waals surface area contributed by atoms with Gasteiger partial charge >= 0.3 is 12.3 Å². The molecule has 8 nitrogen and oxygen atoms in total. The van der Waals surface area contributed by atoms with E-state index in [0.29, 0.717) is 17.0 Å². The molecule has 2 aromatic heterocycles.